The number of hydrogen-bond acceptors (Lipinski definition) is 4. The van der Waals surface area contributed by atoms with Gasteiger partial charge in [0.25, 0.3) is 0 Å². The van der Waals surface area contributed by atoms with E-state index in [9.17, 15) is 5.11 Å². The number of aryl methyl sites for hydroxylation is 1. The molecule has 0 amide bonds. The van der Waals surface area contributed by atoms with Gasteiger partial charge >= 0.3 is 0 Å². The number of aromatic nitrogens is 2. The molecule has 0 radical (unpaired) electrons. The lowest BCUT2D eigenvalue weighted by Crippen LogP contribution is -2.33. The second-order valence-electron chi connectivity index (χ2n) is 3.85. The predicted octanol–water partition coefficient (Wildman–Crippen LogP) is 0.871. The molecule has 15 heavy (non-hydrogen) atoms. The smallest absolute Gasteiger partial charge is 0.167 e. The summed E-state index contributed by atoms with van der Waals surface area (Å²) in [4.78, 5) is 4.18. The molecule has 0 aliphatic carbocycles. The summed E-state index contributed by atoms with van der Waals surface area (Å²) in [5.41, 5.74) is 0. The summed E-state index contributed by atoms with van der Waals surface area (Å²) in [6.45, 7) is 4.77. The first kappa shape index (κ1) is 12.5. The zero-order valence-electron chi connectivity index (χ0n) is 9.47. The molecule has 1 rings (SSSR count). The fourth-order valence-corrected chi connectivity index (χ4v) is 1.95. The molecule has 0 aliphatic rings. The maximum atomic E-state index is 9.67. The van der Waals surface area contributed by atoms with E-state index in [4.69, 9.17) is 0 Å². The van der Waals surface area contributed by atoms with Crippen LogP contribution in [0.4, 0.5) is 0 Å². The molecule has 0 bridgehead atoms. The molecule has 0 aliphatic heterocycles. The lowest BCUT2D eigenvalue weighted by Gasteiger charge is -2.13. The quantitative estimate of drug-likeness (QED) is 0.711. The van der Waals surface area contributed by atoms with Crippen LogP contribution in [-0.2, 0) is 7.05 Å². The normalized spacial score (nSPS) is 13.4. The van der Waals surface area contributed by atoms with Crippen molar-refractivity contribution in [3.8, 4) is 0 Å². The Morgan fingerprint density at radius 1 is 1.60 bits per heavy atom. The van der Waals surface area contributed by atoms with Gasteiger partial charge in [-0.25, -0.2) is 4.98 Å². The van der Waals surface area contributed by atoms with Gasteiger partial charge in [-0.3, -0.25) is 0 Å². The highest BCUT2D eigenvalue weighted by Gasteiger charge is 2.07. The van der Waals surface area contributed by atoms with Crippen molar-refractivity contribution >= 4 is 11.8 Å². The minimum atomic E-state index is -0.325. The molecule has 0 saturated heterocycles. The third kappa shape index (κ3) is 4.68. The summed E-state index contributed by atoms with van der Waals surface area (Å²) in [5.74, 6) is 0.671. The number of nitrogens with one attached hydrogen (secondary N) is 1. The van der Waals surface area contributed by atoms with Crippen LogP contribution in [0.25, 0.3) is 0 Å². The van der Waals surface area contributed by atoms with Crippen molar-refractivity contribution in [2.75, 3.05) is 12.3 Å². The third-order valence-electron chi connectivity index (χ3n) is 1.94. The zero-order valence-corrected chi connectivity index (χ0v) is 10.3. The van der Waals surface area contributed by atoms with Gasteiger partial charge in [0.1, 0.15) is 0 Å². The molecule has 0 saturated carbocycles. The molecule has 0 aromatic carbocycles. The van der Waals surface area contributed by atoms with Gasteiger partial charge in [-0.15, -0.1) is 0 Å². The summed E-state index contributed by atoms with van der Waals surface area (Å²) >= 11 is 1.58. The van der Waals surface area contributed by atoms with E-state index >= 15 is 0 Å². The van der Waals surface area contributed by atoms with E-state index in [0.717, 1.165) is 5.16 Å². The first-order valence-electron chi connectivity index (χ1n) is 5.11. The van der Waals surface area contributed by atoms with Gasteiger partial charge in [-0.2, -0.15) is 0 Å². The third-order valence-corrected chi connectivity index (χ3v) is 3.15. The summed E-state index contributed by atoms with van der Waals surface area (Å²) in [5, 5.41) is 13.8. The minimum Gasteiger partial charge on any atom is -0.391 e. The van der Waals surface area contributed by atoms with E-state index in [2.05, 4.69) is 24.1 Å². The molecule has 1 heterocycles. The van der Waals surface area contributed by atoms with E-state index in [1.807, 2.05) is 17.8 Å². The molecular weight excluding hydrogens is 210 g/mol. The SMILES string of the molecule is CC(C)NCC(O)CSc1nccn1C. The van der Waals surface area contributed by atoms with Gasteiger partial charge in [0.15, 0.2) is 5.16 Å². The Balaban J connectivity index is 2.22. The monoisotopic (exact) mass is 229 g/mol. The van der Waals surface area contributed by atoms with E-state index < -0.39 is 0 Å². The van der Waals surface area contributed by atoms with Gasteiger partial charge in [0.05, 0.1) is 6.10 Å². The van der Waals surface area contributed by atoms with E-state index in [1.165, 1.54) is 0 Å². The molecule has 4 nitrogen and oxygen atoms in total. The average Bonchev–Trinajstić information content (AvgIpc) is 2.58. The largest absolute Gasteiger partial charge is 0.391 e. The highest BCUT2D eigenvalue weighted by molar-refractivity contribution is 7.99. The fraction of sp³-hybridized carbons (Fsp3) is 0.700. The first-order valence-corrected chi connectivity index (χ1v) is 6.09. The van der Waals surface area contributed by atoms with Crippen LogP contribution in [0.5, 0.6) is 0 Å². The van der Waals surface area contributed by atoms with Gasteiger partial charge < -0.3 is 15.0 Å². The van der Waals surface area contributed by atoms with E-state index in [-0.39, 0.29) is 6.10 Å². The topological polar surface area (TPSA) is 50.1 Å². The van der Waals surface area contributed by atoms with Crippen LogP contribution in [0, 0.1) is 0 Å². The maximum Gasteiger partial charge on any atom is 0.167 e. The Bertz CT molecular complexity index is 288. The Kier molecular flexibility index (Phi) is 5.14. The highest BCUT2D eigenvalue weighted by atomic mass is 32.2. The van der Waals surface area contributed by atoms with Gasteiger partial charge in [-0.05, 0) is 0 Å². The van der Waals surface area contributed by atoms with Crippen LogP contribution in [0.2, 0.25) is 0 Å². The van der Waals surface area contributed by atoms with Crippen LogP contribution < -0.4 is 5.32 Å². The standard InChI is InChI=1S/C10H19N3OS/c1-8(2)12-6-9(14)7-15-10-11-4-5-13(10)3/h4-5,8-9,12,14H,6-7H2,1-3H3. The molecule has 1 aromatic rings. The second-order valence-corrected chi connectivity index (χ2v) is 4.84. The van der Waals surface area contributed by atoms with E-state index in [1.54, 1.807) is 18.0 Å². The highest BCUT2D eigenvalue weighted by Crippen LogP contribution is 2.15. The summed E-state index contributed by atoms with van der Waals surface area (Å²) in [6.07, 6.45) is 3.34. The number of hydrogen-bond donors (Lipinski definition) is 2. The minimum absolute atomic E-state index is 0.325. The van der Waals surface area contributed by atoms with Crippen LogP contribution >= 0.6 is 11.8 Å². The van der Waals surface area contributed by atoms with Gasteiger partial charge in [0.2, 0.25) is 0 Å². The number of aliphatic hydroxyl groups is 1. The van der Waals surface area contributed by atoms with Crippen molar-refractivity contribution in [1.82, 2.24) is 14.9 Å². The first-order chi connectivity index (χ1) is 7.09. The van der Waals surface area contributed by atoms with Crippen LogP contribution in [-0.4, -0.2) is 39.1 Å². The lowest BCUT2D eigenvalue weighted by atomic mass is 10.3. The average molecular weight is 229 g/mol. The molecule has 86 valence electrons. The molecule has 0 spiro atoms. The molecule has 1 aromatic heterocycles. The Hall–Kier alpha value is -0.520. The van der Waals surface area contributed by atoms with Crippen molar-refractivity contribution in [2.24, 2.45) is 7.05 Å². The molecule has 1 unspecified atom stereocenters. The maximum absolute atomic E-state index is 9.67. The Labute approximate surface area is 95.1 Å². The van der Waals surface area contributed by atoms with Crippen molar-refractivity contribution in [1.29, 1.82) is 0 Å². The number of rotatable bonds is 6. The number of imidazole rings is 1. The predicted molar refractivity (Wildman–Crippen MR) is 63.1 cm³/mol. The molecule has 0 fully saturated rings. The zero-order chi connectivity index (χ0) is 11.3. The molecule has 2 N–H and O–H groups in total. The van der Waals surface area contributed by atoms with Crippen molar-refractivity contribution in [3.05, 3.63) is 12.4 Å². The number of aliphatic hydroxyl groups excluding tert-OH is 1. The number of thioether (sulfide) groups is 1. The van der Waals surface area contributed by atoms with Crippen molar-refractivity contribution in [3.63, 3.8) is 0 Å². The molecule has 5 heteroatoms. The van der Waals surface area contributed by atoms with Crippen LogP contribution in [0.3, 0.4) is 0 Å². The summed E-state index contributed by atoms with van der Waals surface area (Å²) in [6, 6.07) is 0.415. The van der Waals surface area contributed by atoms with E-state index in [0.29, 0.717) is 18.3 Å². The number of nitrogens with zero attached hydrogens (tertiary/aromatic N) is 2. The summed E-state index contributed by atoms with van der Waals surface area (Å²) in [7, 11) is 1.95. The lowest BCUT2D eigenvalue weighted by molar-refractivity contribution is 0.192. The second kappa shape index (κ2) is 6.15. The Morgan fingerprint density at radius 2 is 2.33 bits per heavy atom. The molecule has 1 atom stereocenters. The molecular formula is C10H19N3OS. The Morgan fingerprint density at radius 3 is 2.87 bits per heavy atom. The van der Waals surface area contributed by atoms with Crippen molar-refractivity contribution in [2.45, 2.75) is 31.1 Å². The van der Waals surface area contributed by atoms with Gasteiger partial charge in [-0.1, -0.05) is 25.6 Å². The fourth-order valence-electron chi connectivity index (χ4n) is 1.09. The summed E-state index contributed by atoms with van der Waals surface area (Å²) < 4.78 is 1.95. The van der Waals surface area contributed by atoms with Crippen LogP contribution in [0.1, 0.15) is 13.8 Å². The van der Waals surface area contributed by atoms with Crippen LogP contribution in [0.15, 0.2) is 17.6 Å². The van der Waals surface area contributed by atoms with Crippen molar-refractivity contribution < 1.29 is 5.11 Å². The van der Waals surface area contributed by atoms with Gasteiger partial charge in [0, 0.05) is 37.8 Å².